The first-order chi connectivity index (χ1) is 10.3. The van der Waals surface area contributed by atoms with Crippen molar-refractivity contribution >= 4 is 11.6 Å². The minimum Gasteiger partial charge on any atom is -0.479 e. The van der Waals surface area contributed by atoms with E-state index in [2.05, 4.69) is 10.6 Å². The van der Waals surface area contributed by atoms with Crippen molar-refractivity contribution in [3.05, 3.63) is 24.3 Å². The molecular formula is C16H21N3O2. The van der Waals surface area contributed by atoms with Gasteiger partial charge in [0.25, 0.3) is 0 Å². The molecule has 1 unspecified atom stereocenters. The maximum Gasteiger partial charge on any atom is 0.224 e. The zero-order valence-electron chi connectivity index (χ0n) is 12.1. The molecule has 1 heterocycles. The molecule has 0 aliphatic carbocycles. The van der Waals surface area contributed by atoms with Crippen LogP contribution in [0.5, 0.6) is 5.75 Å². The maximum atomic E-state index is 11.9. The number of anilines is 1. The van der Waals surface area contributed by atoms with Crippen molar-refractivity contribution in [1.82, 2.24) is 5.32 Å². The highest BCUT2D eigenvalue weighted by Crippen LogP contribution is 2.18. The van der Waals surface area contributed by atoms with Gasteiger partial charge in [0, 0.05) is 24.2 Å². The first-order valence-corrected chi connectivity index (χ1v) is 7.41. The molecule has 5 heteroatoms. The third-order valence-corrected chi connectivity index (χ3v) is 3.55. The summed E-state index contributed by atoms with van der Waals surface area (Å²) in [6.07, 6.45) is 5.03. The van der Waals surface area contributed by atoms with Gasteiger partial charge in [-0.05, 0) is 37.9 Å². The van der Waals surface area contributed by atoms with Gasteiger partial charge in [-0.1, -0.05) is 12.5 Å². The number of nitrogens with one attached hydrogen (secondary N) is 2. The zero-order chi connectivity index (χ0) is 14.9. The summed E-state index contributed by atoms with van der Waals surface area (Å²) in [4.78, 5) is 11.9. The van der Waals surface area contributed by atoms with Crippen LogP contribution in [0, 0.1) is 11.3 Å². The van der Waals surface area contributed by atoms with E-state index < -0.39 is 0 Å². The monoisotopic (exact) mass is 287 g/mol. The van der Waals surface area contributed by atoms with Gasteiger partial charge in [-0.2, -0.15) is 5.26 Å². The Labute approximate surface area is 125 Å². The second kappa shape index (κ2) is 8.28. The molecule has 1 atom stereocenters. The predicted molar refractivity (Wildman–Crippen MR) is 81.1 cm³/mol. The average molecular weight is 287 g/mol. The molecule has 0 radical (unpaired) electrons. The van der Waals surface area contributed by atoms with Crippen molar-refractivity contribution < 1.29 is 9.53 Å². The maximum absolute atomic E-state index is 11.9. The first kappa shape index (κ1) is 15.3. The lowest BCUT2D eigenvalue weighted by molar-refractivity contribution is -0.116. The van der Waals surface area contributed by atoms with Crippen LogP contribution in [0.2, 0.25) is 0 Å². The largest absolute Gasteiger partial charge is 0.479 e. The standard InChI is InChI=1S/C16H21N3O2/c17-9-11-21-15-6-3-5-14(12-15)19-16(20)8-7-13-4-1-2-10-18-13/h3,5-6,12-13,18H,1-2,4,7-8,10-11H2,(H,19,20). The van der Waals surface area contributed by atoms with Crippen LogP contribution < -0.4 is 15.4 Å². The fraction of sp³-hybridized carbons (Fsp3) is 0.500. The summed E-state index contributed by atoms with van der Waals surface area (Å²) in [6, 6.07) is 9.49. The van der Waals surface area contributed by atoms with E-state index in [1.54, 1.807) is 18.2 Å². The molecule has 1 aliphatic rings. The van der Waals surface area contributed by atoms with Gasteiger partial charge >= 0.3 is 0 Å². The van der Waals surface area contributed by atoms with Crippen LogP contribution in [-0.2, 0) is 4.79 Å². The predicted octanol–water partition coefficient (Wildman–Crippen LogP) is 2.45. The van der Waals surface area contributed by atoms with E-state index in [9.17, 15) is 4.79 Å². The third kappa shape index (κ3) is 5.44. The van der Waals surface area contributed by atoms with E-state index in [0.717, 1.165) is 19.4 Å². The smallest absolute Gasteiger partial charge is 0.224 e. The topological polar surface area (TPSA) is 74.1 Å². The molecule has 0 aromatic heterocycles. The molecular weight excluding hydrogens is 266 g/mol. The van der Waals surface area contributed by atoms with E-state index in [1.165, 1.54) is 12.8 Å². The Balaban J connectivity index is 1.77. The third-order valence-electron chi connectivity index (χ3n) is 3.55. The lowest BCUT2D eigenvalue weighted by atomic mass is 10.0. The van der Waals surface area contributed by atoms with Crippen LogP contribution >= 0.6 is 0 Å². The molecule has 0 spiro atoms. The number of nitriles is 1. The fourth-order valence-electron chi connectivity index (χ4n) is 2.48. The van der Waals surface area contributed by atoms with Gasteiger partial charge < -0.3 is 15.4 Å². The molecule has 21 heavy (non-hydrogen) atoms. The highest BCUT2D eigenvalue weighted by molar-refractivity contribution is 5.90. The molecule has 1 aromatic rings. The van der Waals surface area contributed by atoms with Gasteiger partial charge in [-0.3, -0.25) is 4.79 Å². The molecule has 0 saturated carbocycles. The number of rotatable bonds is 6. The number of hydrogen-bond donors (Lipinski definition) is 2. The number of carbonyl (C=O) groups excluding carboxylic acids is 1. The Hall–Kier alpha value is -2.06. The molecule has 0 bridgehead atoms. The average Bonchev–Trinajstić information content (AvgIpc) is 2.52. The van der Waals surface area contributed by atoms with Crippen molar-refractivity contribution in [3.63, 3.8) is 0 Å². The molecule has 1 aliphatic heterocycles. The summed E-state index contributed by atoms with van der Waals surface area (Å²) in [7, 11) is 0. The van der Waals surface area contributed by atoms with Crippen LogP contribution in [0.25, 0.3) is 0 Å². The normalized spacial score (nSPS) is 17.8. The van der Waals surface area contributed by atoms with Gasteiger partial charge in [0.15, 0.2) is 6.61 Å². The van der Waals surface area contributed by atoms with Gasteiger partial charge in [0.2, 0.25) is 5.91 Å². The number of nitrogens with zero attached hydrogens (tertiary/aromatic N) is 1. The Kier molecular flexibility index (Phi) is 6.04. The van der Waals surface area contributed by atoms with Crippen molar-refractivity contribution in [3.8, 4) is 11.8 Å². The zero-order valence-corrected chi connectivity index (χ0v) is 12.1. The Morgan fingerprint density at radius 2 is 2.38 bits per heavy atom. The van der Waals surface area contributed by atoms with E-state index in [-0.39, 0.29) is 12.5 Å². The summed E-state index contributed by atoms with van der Waals surface area (Å²) in [5, 5.41) is 14.8. The van der Waals surface area contributed by atoms with E-state index in [4.69, 9.17) is 10.00 Å². The molecule has 1 aromatic carbocycles. The number of hydrogen-bond acceptors (Lipinski definition) is 4. The van der Waals surface area contributed by atoms with Crippen LogP contribution in [0.3, 0.4) is 0 Å². The van der Waals surface area contributed by atoms with Gasteiger partial charge in [-0.25, -0.2) is 0 Å². The van der Waals surface area contributed by atoms with Crippen molar-refractivity contribution in [2.45, 2.75) is 38.1 Å². The highest BCUT2D eigenvalue weighted by atomic mass is 16.5. The lowest BCUT2D eigenvalue weighted by Gasteiger charge is -2.23. The summed E-state index contributed by atoms with van der Waals surface area (Å²) in [6.45, 7) is 1.06. The van der Waals surface area contributed by atoms with Crippen LogP contribution in [0.15, 0.2) is 24.3 Å². The van der Waals surface area contributed by atoms with Crippen LogP contribution in [0.1, 0.15) is 32.1 Å². The van der Waals surface area contributed by atoms with Gasteiger partial charge in [0.05, 0.1) is 0 Å². The van der Waals surface area contributed by atoms with Crippen LogP contribution in [0.4, 0.5) is 5.69 Å². The summed E-state index contributed by atoms with van der Waals surface area (Å²) in [5.74, 6) is 0.600. The van der Waals surface area contributed by atoms with Gasteiger partial charge in [0.1, 0.15) is 11.8 Å². The lowest BCUT2D eigenvalue weighted by Crippen LogP contribution is -2.34. The fourth-order valence-corrected chi connectivity index (χ4v) is 2.48. The van der Waals surface area contributed by atoms with Crippen molar-refractivity contribution in [2.75, 3.05) is 18.5 Å². The summed E-state index contributed by atoms with van der Waals surface area (Å²) in [5.41, 5.74) is 0.701. The molecule has 112 valence electrons. The molecule has 5 nitrogen and oxygen atoms in total. The molecule has 2 N–H and O–H groups in total. The Morgan fingerprint density at radius 1 is 1.48 bits per heavy atom. The minimum atomic E-state index is 0.00471. The minimum absolute atomic E-state index is 0.00471. The second-order valence-corrected chi connectivity index (χ2v) is 5.21. The summed E-state index contributed by atoms with van der Waals surface area (Å²) >= 11 is 0. The second-order valence-electron chi connectivity index (χ2n) is 5.21. The van der Waals surface area contributed by atoms with E-state index in [0.29, 0.717) is 23.9 Å². The number of piperidine rings is 1. The first-order valence-electron chi connectivity index (χ1n) is 7.41. The molecule has 2 rings (SSSR count). The number of amides is 1. The molecule has 1 saturated heterocycles. The number of ether oxygens (including phenoxy) is 1. The molecule has 1 amide bonds. The number of benzene rings is 1. The number of carbonyl (C=O) groups is 1. The van der Waals surface area contributed by atoms with E-state index >= 15 is 0 Å². The van der Waals surface area contributed by atoms with E-state index in [1.807, 2.05) is 12.1 Å². The Bertz CT molecular complexity index is 504. The Morgan fingerprint density at radius 3 is 3.14 bits per heavy atom. The van der Waals surface area contributed by atoms with Gasteiger partial charge in [-0.15, -0.1) is 0 Å². The highest BCUT2D eigenvalue weighted by Gasteiger charge is 2.14. The SMILES string of the molecule is N#CCOc1cccc(NC(=O)CCC2CCCCN2)c1. The van der Waals surface area contributed by atoms with Crippen molar-refractivity contribution in [1.29, 1.82) is 5.26 Å². The quantitative estimate of drug-likeness (QED) is 0.843. The summed E-state index contributed by atoms with van der Waals surface area (Å²) < 4.78 is 5.21. The van der Waals surface area contributed by atoms with Crippen molar-refractivity contribution in [2.24, 2.45) is 0 Å². The van der Waals surface area contributed by atoms with Crippen LogP contribution in [-0.4, -0.2) is 25.1 Å². The molecule has 1 fully saturated rings.